The predicted octanol–water partition coefficient (Wildman–Crippen LogP) is 4.69. The predicted molar refractivity (Wildman–Crippen MR) is 141 cm³/mol. The summed E-state index contributed by atoms with van der Waals surface area (Å²) in [4.78, 5) is 1.31. The van der Waals surface area contributed by atoms with Gasteiger partial charge in [0.2, 0.25) is 0 Å². The fourth-order valence-corrected chi connectivity index (χ4v) is 9.21. The van der Waals surface area contributed by atoms with Crippen molar-refractivity contribution in [3.05, 3.63) is 132 Å². The van der Waals surface area contributed by atoms with Crippen LogP contribution in [0.25, 0.3) is 0 Å². The van der Waals surface area contributed by atoms with Crippen molar-refractivity contribution in [3.8, 4) is 0 Å². The van der Waals surface area contributed by atoms with E-state index in [-0.39, 0.29) is 0 Å². The first kappa shape index (κ1) is 23.1. The van der Waals surface area contributed by atoms with Crippen LogP contribution < -0.4 is 15.6 Å². The highest BCUT2D eigenvalue weighted by Gasteiger charge is 2.43. The van der Waals surface area contributed by atoms with Gasteiger partial charge in [-0.15, -0.1) is 0 Å². The number of aryl methyl sites for hydroxylation is 1. The molecule has 0 aliphatic carbocycles. The second kappa shape index (κ2) is 10.3. The van der Waals surface area contributed by atoms with E-state index in [0.29, 0.717) is 4.91 Å². The quantitative estimate of drug-likeness (QED) is 0.277. The SMILES string of the molecule is C=C([C@H](C)O[Si](c1ccccc1)(c1ccccc1)c1ccccc1)S(=O)c1ccc(C)cc1. The molecule has 0 amide bonds. The van der Waals surface area contributed by atoms with E-state index >= 15 is 0 Å². The molecule has 2 nitrogen and oxygen atoms in total. The number of benzene rings is 4. The second-order valence-corrected chi connectivity index (χ2v) is 13.0. The molecule has 0 saturated heterocycles. The molecule has 33 heavy (non-hydrogen) atoms. The highest BCUT2D eigenvalue weighted by molar-refractivity contribution is 7.89. The Labute approximate surface area is 200 Å². The molecule has 0 bridgehead atoms. The van der Waals surface area contributed by atoms with Gasteiger partial charge in [-0.2, -0.15) is 0 Å². The van der Waals surface area contributed by atoms with Crippen molar-refractivity contribution in [2.75, 3.05) is 0 Å². The van der Waals surface area contributed by atoms with Gasteiger partial charge in [-0.1, -0.05) is 115 Å². The van der Waals surface area contributed by atoms with Crippen LogP contribution in [0.1, 0.15) is 12.5 Å². The molecule has 0 saturated carbocycles. The van der Waals surface area contributed by atoms with Crippen molar-refractivity contribution in [1.29, 1.82) is 0 Å². The molecule has 4 rings (SSSR count). The van der Waals surface area contributed by atoms with Crippen LogP contribution in [0.2, 0.25) is 0 Å². The highest BCUT2D eigenvalue weighted by atomic mass is 32.2. The van der Waals surface area contributed by atoms with Gasteiger partial charge in [0.25, 0.3) is 8.32 Å². The first-order chi connectivity index (χ1) is 16.0. The third-order valence-corrected chi connectivity index (χ3v) is 11.5. The van der Waals surface area contributed by atoms with Gasteiger partial charge in [0.05, 0.1) is 16.9 Å². The van der Waals surface area contributed by atoms with Crippen LogP contribution in [-0.4, -0.2) is 18.6 Å². The molecular formula is C29H28O2SSi. The number of rotatable bonds is 8. The molecule has 4 heteroatoms. The van der Waals surface area contributed by atoms with Crippen molar-refractivity contribution >= 4 is 34.7 Å². The minimum absolute atomic E-state index is 0.417. The molecule has 0 aliphatic rings. The Morgan fingerprint density at radius 1 is 0.727 bits per heavy atom. The Morgan fingerprint density at radius 2 is 1.12 bits per heavy atom. The third-order valence-electron chi connectivity index (χ3n) is 5.82. The van der Waals surface area contributed by atoms with Crippen LogP contribution in [0.15, 0.2) is 132 Å². The van der Waals surface area contributed by atoms with Crippen molar-refractivity contribution in [1.82, 2.24) is 0 Å². The van der Waals surface area contributed by atoms with Crippen molar-refractivity contribution < 1.29 is 8.63 Å². The maximum Gasteiger partial charge on any atom is 0.288 e. The minimum Gasteiger partial charge on any atom is -0.397 e. The van der Waals surface area contributed by atoms with E-state index < -0.39 is 25.2 Å². The summed E-state index contributed by atoms with van der Waals surface area (Å²) in [6.07, 6.45) is -0.417. The molecule has 0 radical (unpaired) electrons. The van der Waals surface area contributed by atoms with E-state index in [1.54, 1.807) is 0 Å². The Balaban J connectivity index is 1.80. The zero-order valence-corrected chi connectivity index (χ0v) is 20.8. The standard InChI is InChI=1S/C29H28O2SSi/c1-23-19-21-26(22-20-23)32(30)25(3)24(2)31-33(27-13-7-4-8-14-27,28-15-9-5-10-16-28)29-17-11-6-12-18-29/h4-22,24H,3H2,1-2H3/t24-,32?/m0/s1. The smallest absolute Gasteiger partial charge is 0.288 e. The lowest BCUT2D eigenvalue weighted by atomic mass is 10.2. The van der Waals surface area contributed by atoms with Gasteiger partial charge in [0.1, 0.15) is 0 Å². The maximum atomic E-state index is 13.3. The number of hydrogen-bond acceptors (Lipinski definition) is 2. The van der Waals surface area contributed by atoms with Crippen LogP contribution in [0, 0.1) is 6.92 Å². The van der Waals surface area contributed by atoms with E-state index in [1.807, 2.05) is 56.3 Å². The summed E-state index contributed by atoms with van der Waals surface area (Å²) in [6, 6.07) is 39.0. The zero-order chi connectivity index (χ0) is 23.3. The molecule has 4 aromatic carbocycles. The average Bonchev–Trinajstić information content (AvgIpc) is 2.88. The van der Waals surface area contributed by atoms with Gasteiger partial charge in [0, 0.05) is 9.80 Å². The normalized spacial score (nSPS) is 13.3. The van der Waals surface area contributed by atoms with E-state index in [4.69, 9.17) is 4.43 Å². The molecule has 0 aliphatic heterocycles. The third kappa shape index (κ3) is 4.83. The van der Waals surface area contributed by atoms with Crippen LogP contribution in [0.3, 0.4) is 0 Å². The lowest BCUT2D eigenvalue weighted by Crippen LogP contribution is -2.70. The summed E-state index contributed by atoms with van der Waals surface area (Å²) in [5, 5.41) is 3.43. The lowest BCUT2D eigenvalue weighted by molar-refractivity contribution is 0.269. The summed E-state index contributed by atoms with van der Waals surface area (Å²) in [7, 11) is -4.27. The van der Waals surface area contributed by atoms with Gasteiger partial charge in [0.15, 0.2) is 0 Å². The van der Waals surface area contributed by atoms with Gasteiger partial charge in [-0.05, 0) is 41.5 Å². The molecule has 166 valence electrons. The molecule has 1 unspecified atom stereocenters. The lowest BCUT2D eigenvalue weighted by Gasteiger charge is -2.36. The Bertz CT molecular complexity index is 1130. The Kier molecular flexibility index (Phi) is 7.19. The summed E-state index contributed by atoms with van der Waals surface area (Å²) in [5.41, 5.74) is 1.13. The fraction of sp³-hybridized carbons (Fsp3) is 0.103. The van der Waals surface area contributed by atoms with Crippen LogP contribution in [-0.2, 0) is 15.2 Å². The summed E-state index contributed by atoms with van der Waals surface area (Å²) in [5.74, 6) is 0. The van der Waals surface area contributed by atoms with Crippen LogP contribution >= 0.6 is 0 Å². The first-order valence-corrected chi connectivity index (χ1v) is 14.1. The minimum atomic E-state index is -2.90. The first-order valence-electron chi connectivity index (χ1n) is 11.0. The molecule has 0 fully saturated rings. The summed E-state index contributed by atoms with van der Waals surface area (Å²) in [6.45, 7) is 8.20. The highest BCUT2D eigenvalue weighted by Crippen LogP contribution is 2.22. The van der Waals surface area contributed by atoms with Crippen molar-refractivity contribution in [2.45, 2.75) is 24.8 Å². The maximum absolute atomic E-state index is 13.3. The largest absolute Gasteiger partial charge is 0.397 e. The van der Waals surface area contributed by atoms with Gasteiger partial charge in [-0.3, -0.25) is 0 Å². The zero-order valence-electron chi connectivity index (χ0n) is 19.0. The molecule has 0 heterocycles. The van der Waals surface area contributed by atoms with Crippen LogP contribution in [0.5, 0.6) is 0 Å². The van der Waals surface area contributed by atoms with Gasteiger partial charge >= 0.3 is 0 Å². The molecule has 0 N–H and O–H groups in total. The molecule has 0 spiro atoms. The average molecular weight is 469 g/mol. The molecule has 4 aromatic rings. The van der Waals surface area contributed by atoms with Gasteiger partial charge in [-0.25, -0.2) is 4.21 Å². The Hall–Kier alpha value is -3.05. The summed E-state index contributed by atoms with van der Waals surface area (Å²) < 4.78 is 20.4. The second-order valence-electron chi connectivity index (χ2n) is 8.09. The van der Waals surface area contributed by atoms with E-state index in [0.717, 1.165) is 26.0 Å². The molecular weight excluding hydrogens is 440 g/mol. The van der Waals surface area contributed by atoms with Crippen molar-refractivity contribution in [2.24, 2.45) is 0 Å². The van der Waals surface area contributed by atoms with E-state index in [2.05, 4.69) is 79.4 Å². The molecule has 2 atom stereocenters. The monoisotopic (exact) mass is 468 g/mol. The summed E-state index contributed by atoms with van der Waals surface area (Å²) >= 11 is 0. The topological polar surface area (TPSA) is 26.3 Å². The van der Waals surface area contributed by atoms with E-state index in [9.17, 15) is 4.21 Å². The van der Waals surface area contributed by atoms with E-state index in [1.165, 1.54) is 0 Å². The Morgan fingerprint density at radius 3 is 1.52 bits per heavy atom. The van der Waals surface area contributed by atoms with Gasteiger partial charge < -0.3 is 4.43 Å². The molecule has 0 aromatic heterocycles. The van der Waals surface area contributed by atoms with Crippen molar-refractivity contribution in [3.63, 3.8) is 0 Å². The number of hydrogen-bond donors (Lipinski definition) is 0. The van der Waals surface area contributed by atoms with Crippen LogP contribution in [0.4, 0.5) is 0 Å². The fourth-order valence-electron chi connectivity index (χ4n) is 4.02.